The van der Waals surface area contributed by atoms with Gasteiger partial charge in [0.15, 0.2) is 5.65 Å². The molecular formula is C18H22N4OS. The molecule has 5 nitrogen and oxygen atoms in total. The van der Waals surface area contributed by atoms with Crippen molar-refractivity contribution in [3.05, 3.63) is 36.3 Å². The predicted molar refractivity (Wildman–Crippen MR) is 98.2 cm³/mol. The van der Waals surface area contributed by atoms with E-state index in [9.17, 15) is 4.21 Å². The Labute approximate surface area is 144 Å². The number of H-pyrrole nitrogens is 1. The van der Waals surface area contributed by atoms with Gasteiger partial charge in [-0.25, -0.2) is 18.5 Å². The summed E-state index contributed by atoms with van der Waals surface area (Å²) in [5, 5.41) is 2.48. The number of pyridine rings is 2. The highest BCUT2D eigenvalue weighted by Crippen LogP contribution is 2.35. The van der Waals surface area contributed by atoms with Crippen LogP contribution in [0.25, 0.3) is 21.9 Å². The van der Waals surface area contributed by atoms with Crippen LogP contribution in [0.4, 0.5) is 0 Å². The van der Waals surface area contributed by atoms with Crippen molar-refractivity contribution >= 4 is 32.9 Å². The molecule has 0 aromatic carbocycles. The topological polar surface area (TPSA) is 61.9 Å². The Bertz CT molecular complexity index is 904. The van der Waals surface area contributed by atoms with E-state index in [2.05, 4.69) is 25.3 Å². The maximum atomic E-state index is 12.5. The minimum absolute atomic E-state index is 0.166. The van der Waals surface area contributed by atoms with E-state index in [0.29, 0.717) is 5.92 Å². The van der Waals surface area contributed by atoms with Gasteiger partial charge in [0.2, 0.25) is 0 Å². The van der Waals surface area contributed by atoms with Crippen molar-refractivity contribution in [1.82, 2.24) is 19.3 Å². The zero-order valence-corrected chi connectivity index (χ0v) is 14.8. The van der Waals surface area contributed by atoms with Crippen LogP contribution >= 0.6 is 0 Å². The fraction of sp³-hybridized carbons (Fsp3) is 0.444. The summed E-state index contributed by atoms with van der Waals surface area (Å²) in [5.41, 5.74) is 3.14. The third kappa shape index (κ3) is 2.63. The summed E-state index contributed by atoms with van der Waals surface area (Å²) in [6.07, 6.45) is 7.87. The molecule has 1 aliphatic heterocycles. The van der Waals surface area contributed by atoms with Crippen LogP contribution in [0.3, 0.4) is 0 Å². The Balaban J connectivity index is 1.78. The third-order valence-electron chi connectivity index (χ3n) is 4.81. The van der Waals surface area contributed by atoms with Gasteiger partial charge < -0.3 is 4.98 Å². The summed E-state index contributed by atoms with van der Waals surface area (Å²) < 4.78 is 14.7. The van der Waals surface area contributed by atoms with Crippen molar-refractivity contribution < 1.29 is 4.21 Å². The van der Waals surface area contributed by atoms with Crippen LogP contribution in [0.2, 0.25) is 0 Å². The quantitative estimate of drug-likeness (QED) is 0.794. The molecule has 1 N–H and O–H groups in total. The monoisotopic (exact) mass is 342 g/mol. The van der Waals surface area contributed by atoms with Gasteiger partial charge in [0.25, 0.3) is 0 Å². The summed E-state index contributed by atoms with van der Waals surface area (Å²) in [6.45, 7) is 5.82. The molecule has 126 valence electrons. The number of hydrogen-bond donors (Lipinski definition) is 1. The first-order valence-corrected chi connectivity index (χ1v) is 9.68. The van der Waals surface area contributed by atoms with Crippen molar-refractivity contribution in [3.63, 3.8) is 0 Å². The Morgan fingerprint density at radius 1 is 1.33 bits per heavy atom. The highest BCUT2D eigenvalue weighted by Gasteiger charge is 2.27. The molecule has 1 saturated heterocycles. The molecule has 2 unspecified atom stereocenters. The van der Waals surface area contributed by atoms with E-state index in [0.717, 1.165) is 42.5 Å². The van der Waals surface area contributed by atoms with Gasteiger partial charge in [-0.3, -0.25) is 0 Å². The van der Waals surface area contributed by atoms with Crippen molar-refractivity contribution in [3.8, 4) is 0 Å². The lowest BCUT2D eigenvalue weighted by Crippen LogP contribution is -2.38. The molecule has 0 bridgehead atoms. The molecule has 1 fully saturated rings. The number of nitrogens with one attached hydrogen (secondary N) is 1. The van der Waals surface area contributed by atoms with E-state index in [1.165, 1.54) is 10.9 Å². The van der Waals surface area contributed by atoms with Crippen LogP contribution in [0.1, 0.15) is 38.2 Å². The smallest absolute Gasteiger partial charge is 0.159 e. The Hall–Kier alpha value is -1.79. The molecule has 24 heavy (non-hydrogen) atoms. The van der Waals surface area contributed by atoms with E-state index in [4.69, 9.17) is 0 Å². The standard InChI is InChI=1S/C18H22N4OS/c1-12(2)24(23)22-9-3-4-13(11-22)14-5-7-19-16-10-21-18-15(17(14)16)6-8-20-18/h5-8,10,12-13,19H,3-4,9,11H2,1-2H3. The first kappa shape index (κ1) is 15.7. The Morgan fingerprint density at radius 3 is 3.04 bits per heavy atom. The van der Waals surface area contributed by atoms with Gasteiger partial charge in [-0.1, -0.05) is 0 Å². The normalized spacial score (nSPS) is 20.9. The fourth-order valence-electron chi connectivity index (χ4n) is 3.68. The maximum Gasteiger partial charge on any atom is 0.159 e. The highest BCUT2D eigenvalue weighted by atomic mass is 32.2. The van der Waals surface area contributed by atoms with E-state index < -0.39 is 11.0 Å². The van der Waals surface area contributed by atoms with Gasteiger partial charge in [0, 0.05) is 41.5 Å². The van der Waals surface area contributed by atoms with Gasteiger partial charge in [-0.05, 0) is 50.3 Å². The molecule has 1 aliphatic rings. The zero-order valence-electron chi connectivity index (χ0n) is 14.0. The predicted octanol–water partition coefficient (Wildman–Crippen LogP) is 3.36. The lowest BCUT2D eigenvalue weighted by atomic mass is 9.89. The number of aromatic nitrogens is 3. The number of rotatable bonds is 3. The Morgan fingerprint density at radius 2 is 2.21 bits per heavy atom. The largest absolute Gasteiger partial charge is 0.360 e. The number of aromatic amines is 1. The van der Waals surface area contributed by atoms with E-state index in [1.807, 2.05) is 38.5 Å². The summed E-state index contributed by atoms with van der Waals surface area (Å²) in [6, 6.07) is 4.20. The number of piperidine rings is 1. The maximum absolute atomic E-state index is 12.5. The zero-order chi connectivity index (χ0) is 16.7. The van der Waals surface area contributed by atoms with E-state index >= 15 is 0 Å². The molecule has 6 heteroatoms. The molecule has 3 aromatic heterocycles. The molecule has 4 heterocycles. The first-order chi connectivity index (χ1) is 11.6. The molecular weight excluding hydrogens is 320 g/mol. The van der Waals surface area contributed by atoms with Crippen molar-refractivity contribution in [2.75, 3.05) is 13.1 Å². The molecule has 0 spiro atoms. The van der Waals surface area contributed by atoms with E-state index in [-0.39, 0.29) is 5.25 Å². The van der Waals surface area contributed by atoms with Crippen molar-refractivity contribution in [1.29, 1.82) is 0 Å². The van der Waals surface area contributed by atoms with Gasteiger partial charge in [0.1, 0.15) is 0 Å². The second-order valence-electron chi connectivity index (χ2n) is 6.71. The van der Waals surface area contributed by atoms with Crippen LogP contribution in [-0.4, -0.2) is 41.8 Å². The minimum Gasteiger partial charge on any atom is -0.360 e. The summed E-state index contributed by atoms with van der Waals surface area (Å²) in [4.78, 5) is 12.1. The van der Waals surface area contributed by atoms with Gasteiger partial charge in [0.05, 0.1) is 22.7 Å². The molecule has 0 amide bonds. The van der Waals surface area contributed by atoms with Crippen LogP contribution in [-0.2, 0) is 11.0 Å². The average molecular weight is 342 g/mol. The minimum atomic E-state index is -0.905. The summed E-state index contributed by atoms with van der Waals surface area (Å²) in [5.74, 6) is 0.388. The van der Waals surface area contributed by atoms with Crippen LogP contribution in [0, 0.1) is 0 Å². The highest BCUT2D eigenvalue weighted by molar-refractivity contribution is 7.83. The first-order valence-electron chi connectivity index (χ1n) is 8.51. The molecule has 3 aromatic rings. The summed E-state index contributed by atoms with van der Waals surface area (Å²) >= 11 is 0. The van der Waals surface area contributed by atoms with Crippen LogP contribution < -0.4 is 0 Å². The van der Waals surface area contributed by atoms with Gasteiger partial charge in [-0.2, -0.15) is 0 Å². The SMILES string of the molecule is CC(C)S(=O)N1CCCC(c2cc[nH]c3cnc4nccc4c23)C1. The van der Waals surface area contributed by atoms with Crippen LogP contribution in [0.15, 0.2) is 30.7 Å². The fourth-order valence-corrected chi connectivity index (χ4v) is 4.92. The van der Waals surface area contributed by atoms with Crippen LogP contribution in [0.5, 0.6) is 0 Å². The Kier molecular flexibility index (Phi) is 4.10. The van der Waals surface area contributed by atoms with Gasteiger partial charge >= 0.3 is 0 Å². The van der Waals surface area contributed by atoms with Gasteiger partial charge in [-0.15, -0.1) is 0 Å². The third-order valence-corrected chi connectivity index (χ3v) is 6.45. The molecule has 0 saturated carbocycles. The molecule has 4 rings (SSSR count). The average Bonchev–Trinajstić information content (AvgIpc) is 3.09. The molecule has 0 radical (unpaired) electrons. The number of hydrogen-bond acceptors (Lipinski definition) is 3. The lowest BCUT2D eigenvalue weighted by Gasteiger charge is -2.33. The number of nitrogens with zero attached hydrogens (tertiary/aromatic N) is 3. The summed E-state index contributed by atoms with van der Waals surface area (Å²) in [7, 11) is -0.905. The van der Waals surface area contributed by atoms with E-state index in [1.54, 1.807) is 0 Å². The number of fused-ring (bicyclic) bond motifs is 3. The molecule has 0 aliphatic carbocycles. The van der Waals surface area contributed by atoms with Crippen molar-refractivity contribution in [2.45, 2.75) is 37.9 Å². The molecule has 2 atom stereocenters. The lowest BCUT2D eigenvalue weighted by molar-refractivity contribution is 0.330. The second-order valence-corrected chi connectivity index (χ2v) is 8.73. The second kappa shape index (κ2) is 6.26. The van der Waals surface area contributed by atoms with Crippen molar-refractivity contribution in [2.24, 2.45) is 0 Å².